The quantitative estimate of drug-likeness (QED) is 0.413. The molecule has 0 aromatic carbocycles. The van der Waals surface area contributed by atoms with Crippen LogP contribution < -0.4 is 5.32 Å². The number of esters is 1. The van der Waals surface area contributed by atoms with Crippen LogP contribution in [0.15, 0.2) is 12.1 Å². The number of anilines is 1. The number of carbonyl (C=O) groups is 1. The Hall–Kier alpha value is -2.26. The lowest BCUT2D eigenvalue weighted by molar-refractivity contribution is -0.384. The number of aliphatic hydroxyl groups is 1. The first-order valence-electron chi connectivity index (χ1n) is 5.63. The summed E-state index contributed by atoms with van der Waals surface area (Å²) >= 11 is 0. The first-order chi connectivity index (χ1) is 9.53. The van der Waals surface area contributed by atoms with Gasteiger partial charge in [0, 0.05) is 13.2 Å². The number of hydrogen-bond donors (Lipinski definition) is 2. The van der Waals surface area contributed by atoms with Gasteiger partial charge in [-0.1, -0.05) is 0 Å². The molecule has 0 spiro atoms. The molecule has 1 unspecified atom stereocenters. The number of aliphatic hydroxyl groups excluding tert-OH is 1. The molecule has 2 N–H and O–H groups in total. The van der Waals surface area contributed by atoms with Gasteiger partial charge in [0.05, 0.1) is 31.3 Å². The molecule has 20 heavy (non-hydrogen) atoms. The third kappa shape index (κ3) is 3.87. The fourth-order valence-corrected chi connectivity index (χ4v) is 1.46. The standard InChI is InChI=1S/C11H15N3O6/c1-19-6-7(5-15)12-10-9(14(17)18)4-3-8(13-10)11(16)20-2/h3-4,7,15H,5-6H2,1-2H3,(H,12,13). The SMILES string of the molecule is COCC(CO)Nc1nc(C(=O)OC)ccc1[N+](=O)[O-]. The molecule has 0 aliphatic rings. The minimum atomic E-state index is -0.713. The highest BCUT2D eigenvalue weighted by Crippen LogP contribution is 2.23. The lowest BCUT2D eigenvalue weighted by atomic mass is 10.2. The molecule has 9 nitrogen and oxygen atoms in total. The summed E-state index contributed by atoms with van der Waals surface area (Å²) in [6, 6.07) is 1.75. The van der Waals surface area contributed by atoms with E-state index in [1.807, 2.05) is 0 Å². The van der Waals surface area contributed by atoms with Crippen molar-refractivity contribution in [1.82, 2.24) is 4.98 Å². The van der Waals surface area contributed by atoms with Crippen LogP contribution in [0.5, 0.6) is 0 Å². The molecule has 1 atom stereocenters. The highest BCUT2D eigenvalue weighted by molar-refractivity contribution is 5.88. The maximum Gasteiger partial charge on any atom is 0.356 e. The molecule has 1 heterocycles. The second-order valence-corrected chi connectivity index (χ2v) is 3.79. The Balaban J connectivity index is 3.11. The van der Waals surface area contributed by atoms with Crippen LogP contribution >= 0.6 is 0 Å². The van der Waals surface area contributed by atoms with Crippen molar-refractivity contribution in [3.05, 3.63) is 27.9 Å². The summed E-state index contributed by atoms with van der Waals surface area (Å²) in [7, 11) is 2.61. The first kappa shape index (κ1) is 15.8. The normalized spacial score (nSPS) is 11.8. The average Bonchev–Trinajstić information content (AvgIpc) is 2.45. The minimum absolute atomic E-state index is 0.0743. The Kier molecular flexibility index (Phi) is 5.81. The van der Waals surface area contributed by atoms with Crippen molar-refractivity contribution in [1.29, 1.82) is 0 Å². The summed E-state index contributed by atoms with van der Waals surface area (Å²) in [5.74, 6) is -0.843. The fourth-order valence-electron chi connectivity index (χ4n) is 1.46. The zero-order valence-electron chi connectivity index (χ0n) is 11.0. The predicted octanol–water partition coefficient (Wildman–Crippen LogP) is 0.196. The van der Waals surface area contributed by atoms with Crippen LogP contribution in [-0.4, -0.2) is 54.5 Å². The predicted molar refractivity (Wildman–Crippen MR) is 68.6 cm³/mol. The number of nitrogens with one attached hydrogen (secondary N) is 1. The van der Waals surface area contributed by atoms with E-state index >= 15 is 0 Å². The molecular weight excluding hydrogens is 270 g/mol. The van der Waals surface area contributed by atoms with Gasteiger partial charge in [-0.2, -0.15) is 0 Å². The van der Waals surface area contributed by atoms with Crippen LogP contribution in [0, 0.1) is 10.1 Å². The van der Waals surface area contributed by atoms with Gasteiger partial charge in [-0.15, -0.1) is 0 Å². The largest absolute Gasteiger partial charge is 0.464 e. The number of hydrogen-bond acceptors (Lipinski definition) is 8. The first-order valence-corrected chi connectivity index (χ1v) is 5.63. The fraction of sp³-hybridized carbons (Fsp3) is 0.455. The van der Waals surface area contributed by atoms with Gasteiger partial charge in [-0.3, -0.25) is 10.1 Å². The third-order valence-electron chi connectivity index (χ3n) is 2.39. The molecule has 9 heteroatoms. The van der Waals surface area contributed by atoms with Crippen LogP contribution in [0.2, 0.25) is 0 Å². The molecule has 1 rings (SSSR count). The van der Waals surface area contributed by atoms with Crippen molar-refractivity contribution < 1.29 is 24.3 Å². The van der Waals surface area contributed by atoms with Gasteiger partial charge < -0.3 is 19.9 Å². The average molecular weight is 285 g/mol. The number of methoxy groups -OCH3 is 2. The Labute approximate surface area is 114 Å². The number of pyridine rings is 1. The number of aromatic nitrogens is 1. The maximum atomic E-state index is 11.4. The second-order valence-electron chi connectivity index (χ2n) is 3.79. The van der Waals surface area contributed by atoms with Crippen molar-refractivity contribution in [3.63, 3.8) is 0 Å². The Morgan fingerprint density at radius 2 is 2.25 bits per heavy atom. The Bertz CT molecular complexity index is 493. The van der Waals surface area contributed by atoms with E-state index in [2.05, 4.69) is 15.0 Å². The van der Waals surface area contributed by atoms with Crippen LogP contribution in [0.4, 0.5) is 11.5 Å². The van der Waals surface area contributed by atoms with E-state index in [1.165, 1.54) is 20.3 Å². The number of nitro groups is 1. The number of carbonyl (C=O) groups excluding carboxylic acids is 1. The minimum Gasteiger partial charge on any atom is -0.464 e. The molecule has 1 aromatic rings. The summed E-state index contributed by atoms with van der Waals surface area (Å²) in [5.41, 5.74) is -0.387. The van der Waals surface area contributed by atoms with E-state index in [1.54, 1.807) is 0 Å². The van der Waals surface area contributed by atoms with Gasteiger partial charge in [0.2, 0.25) is 5.82 Å². The lowest BCUT2D eigenvalue weighted by Crippen LogP contribution is -2.29. The van der Waals surface area contributed by atoms with Crippen LogP contribution in [-0.2, 0) is 9.47 Å². The van der Waals surface area contributed by atoms with E-state index in [0.717, 1.165) is 6.07 Å². The Morgan fingerprint density at radius 1 is 1.55 bits per heavy atom. The third-order valence-corrected chi connectivity index (χ3v) is 2.39. The summed E-state index contributed by atoms with van der Waals surface area (Å²) in [6.07, 6.45) is 0. The van der Waals surface area contributed by atoms with Gasteiger partial charge in [-0.25, -0.2) is 9.78 Å². The smallest absolute Gasteiger partial charge is 0.356 e. The molecule has 1 aromatic heterocycles. The van der Waals surface area contributed by atoms with Crippen molar-refractivity contribution in [2.45, 2.75) is 6.04 Å². The van der Waals surface area contributed by atoms with Crippen LogP contribution in [0.1, 0.15) is 10.5 Å². The van der Waals surface area contributed by atoms with Gasteiger partial charge in [-0.05, 0) is 6.07 Å². The molecule has 110 valence electrons. The Morgan fingerprint density at radius 3 is 2.75 bits per heavy atom. The van der Waals surface area contributed by atoms with E-state index in [4.69, 9.17) is 9.84 Å². The number of nitrogens with zero attached hydrogens (tertiary/aromatic N) is 2. The number of rotatable bonds is 7. The zero-order valence-corrected chi connectivity index (χ0v) is 11.0. The van der Waals surface area contributed by atoms with Gasteiger partial charge >= 0.3 is 11.7 Å². The molecule has 0 radical (unpaired) electrons. The van der Waals surface area contributed by atoms with Crippen LogP contribution in [0.3, 0.4) is 0 Å². The van der Waals surface area contributed by atoms with Crippen molar-refractivity contribution in [2.75, 3.05) is 32.8 Å². The van der Waals surface area contributed by atoms with E-state index < -0.39 is 16.9 Å². The van der Waals surface area contributed by atoms with Gasteiger partial charge in [0.1, 0.15) is 0 Å². The number of ether oxygens (including phenoxy) is 2. The van der Waals surface area contributed by atoms with Crippen molar-refractivity contribution >= 4 is 17.5 Å². The second kappa shape index (κ2) is 7.36. The highest BCUT2D eigenvalue weighted by Gasteiger charge is 2.21. The maximum absolute atomic E-state index is 11.4. The highest BCUT2D eigenvalue weighted by atomic mass is 16.6. The van der Waals surface area contributed by atoms with Gasteiger partial charge in [0.15, 0.2) is 5.69 Å². The zero-order chi connectivity index (χ0) is 15.1. The molecule has 0 fully saturated rings. The summed E-state index contributed by atoms with van der Waals surface area (Å²) in [5, 5.41) is 22.7. The molecule has 0 amide bonds. The van der Waals surface area contributed by atoms with Crippen molar-refractivity contribution in [2.24, 2.45) is 0 Å². The molecule has 0 saturated heterocycles. The molecular formula is C11H15N3O6. The van der Waals surface area contributed by atoms with Crippen molar-refractivity contribution in [3.8, 4) is 0 Å². The topological polar surface area (TPSA) is 124 Å². The summed E-state index contributed by atoms with van der Waals surface area (Å²) < 4.78 is 9.35. The summed E-state index contributed by atoms with van der Waals surface area (Å²) in [4.78, 5) is 25.5. The monoisotopic (exact) mass is 285 g/mol. The van der Waals surface area contributed by atoms with Gasteiger partial charge in [0.25, 0.3) is 0 Å². The summed E-state index contributed by atoms with van der Waals surface area (Å²) in [6.45, 7) is -0.188. The molecule has 0 aliphatic heterocycles. The van der Waals surface area contributed by atoms with Crippen LogP contribution in [0.25, 0.3) is 0 Å². The van der Waals surface area contributed by atoms with E-state index in [-0.39, 0.29) is 30.4 Å². The van der Waals surface area contributed by atoms with E-state index in [0.29, 0.717) is 0 Å². The molecule has 0 saturated carbocycles. The lowest BCUT2D eigenvalue weighted by Gasteiger charge is -2.16. The van der Waals surface area contributed by atoms with E-state index in [9.17, 15) is 14.9 Å². The molecule has 0 aliphatic carbocycles. The molecule has 0 bridgehead atoms.